The molecule has 1 aliphatic rings. The number of ether oxygens (including phenoxy) is 2. The zero-order valence-electron chi connectivity index (χ0n) is 22.6. The highest BCUT2D eigenvalue weighted by Crippen LogP contribution is 2.25. The van der Waals surface area contributed by atoms with E-state index < -0.39 is 11.8 Å². The number of hydrogen-bond acceptors (Lipinski definition) is 9. The van der Waals surface area contributed by atoms with Crippen molar-refractivity contribution in [1.82, 2.24) is 15.5 Å². The van der Waals surface area contributed by atoms with Crippen LogP contribution < -0.4 is 20.9 Å². The van der Waals surface area contributed by atoms with Crippen molar-refractivity contribution in [2.45, 2.75) is 12.8 Å². The van der Waals surface area contributed by atoms with E-state index in [2.05, 4.69) is 15.6 Å². The van der Waals surface area contributed by atoms with Crippen molar-refractivity contribution in [3.8, 4) is 5.75 Å². The predicted octanol–water partition coefficient (Wildman–Crippen LogP) is 2.96. The summed E-state index contributed by atoms with van der Waals surface area (Å²) in [6.07, 6.45) is 2.36. The van der Waals surface area contributed by atoms with E-state index in [0.717, 1.165) is 10.3 Å². The summed E-state index contributed by atoms with van der Waals surface area (Å²) in [7, 11) is 1.50. The molecule has 1 aromatic heterocycles. The van der Waals surface area contributed by atoms with Crippen LogP contribution in [-0.4, -0.2) is 66.9 Å². The molecular formula is C29H27ClN4O7S. The molecule has 0 fully saturated rings. The molecule has 2 heterocycles. The number of methoxy groups -OCH3 is 1. The van der Waals surface area contributed by atoms with Gasteiger partial charge in [0.1, 0.15) is 16.3 Å². The van der Waals surface area contributed by atoms with E-state index in [-0.39, 0.29) is 55.9 Å². The van der Waals surface area contributed by atoms with Gasteiger partial charge in [-0.2, -0.15) is 0 Å². The summed E-state index contributed by atoms with van der Waals surface area (Å²) in [6, 6.07) is 14.0. The molecule has 0 saturated carbocycles. The lowest BCUT2D eigenvalue weighted by Gasteiger charge is -2.13. The minimum Gasteiger partial charge on any atom is -0.496 e. The number of amides is 4. The van der Waals surface area contributed by atoms with Gasteiger partial charge < -0.3 is 24.5 Å². The Labute approximate surface area is 251 Å². The molecule has 0 aliphatic carbocycles. The Kier molecular flexibility index (Phi) is 10.5. The number of halogens is 1. The lowest BCUT2D eigenvalue weighted by atomic mass is 10.1. The van der Waals surface area contributed by atoms with Crippen molar-refractivity contribution in [1.29, 1.82) is 0 Å². The fraction of sp³-hybridized carbons (Fsp3) is 0.241. The van der Waals surface area contributed by atoms with Gasteiger partial charge in [-0.15, -0.1) is 0 Å². The molecule has 2 aromatic carbocycles. The number of nitrogens with one attached hydrogen (secondary N) is 2. The van der Waals surface area contributed by atoms with Crippen LogP contribution in [0.3, 0.4) is 0 Å². The first-order chi connectivity index (χ1) is 20.2. The van der Waals surface area contributed by atoms with Gasteiger partial charge in [-0.3, -0.25) is 24.1 Å². The Morgan fingerprint density at radius 1 is 1.00 bits per heavy atom. The summed E-state index contributed by atoms with van der Waals surface area (Å²) < 4.78 is 16.7. The van der Waals surface area contributed by atoms with E-state index in [9.17, 15) is 19.2 Å². The second-order valence-electron chi connectivity index (χ2n) is 8.95. The molecule has 1 aliphatic heterocycles. The molecule has 4 amide bonds. The standard InChI is InChI=1S/C29H27ClN4O7S/c1-39-23-6-4-20(32-26-7-2-18-16-19(30)3-5-22(18)41-26)17-21(23)29(42)33-25(36)11-14-40-15-12-31-24(35)10-13-34-27(37)8-9-28(34)38/h2-9,16-17H,10-15H2,1H3,(H,31,35)(H,33,36,42). The number of carbonyl (C=O) groups is 4. The first kappa shape index (κ1) is 30.6. The third-order valence-corrected chi connectivity index (χ3v) is 6.57. The number of rotatable bonds is 12. The number of fused-ring (bicyclic) bond motifs is 1. The van der Waals surface area contributed by atoms with Crippen molar-refractivity contribution < 1.29 is 33.1 Å². The summed E-state index contributed by atoms with van der Waals surface area (Å²) in [5.41, 5.74) is 2.03. The average molecular weight is 611 g/mol. The number of nitrogens with zero attached hydrogens (tertiary/aromatic N) is 2. The first-order valence-electron chi connectivity index (χ1n) is 12.9. The van der Waals surface area contributed by atoms with Gasteiger partial charge in [0.15, 0.2) is 0 Å². The molecule has 11 nitrogen and oxygen atoms in total. The van der Waals surface area contributed by atoms with Crippen molar-refractivity contribution in [3.63, 3.8) is 0 Å². The van der Waals surface area contributed by atoms with Crippen LogP contribution in [-0.2, 0) is 23.9 Å². The molecule has 0 saturated heterocycles. The monoisotopic (exact) mass is 610 g/mol. The molecule has 3 aromatic rings. The van der Waals surface area contributed by atoms with E-state index in [0.29, 0.717) is 33.2 Å². The highest BCUT2D eigenvalue weighted by molar-refractivity contribution is 7.80. The predicted molar refractivity (Wildman–Crippen MR) is 158 cm³/mol. The first-order valence-corrected chi connectivity index (χ1v) is 13.7. The number of hydrogen-bond donors (Lipinski definition) is 2. The second-order valence-corrected chi connectivity index (χ2v) is 9.80. The molecule has 0 bridgehead atoms. The van der Waals surface area contributed by atoms with E-state index in [4.69, 9.17) is 37.7 Å². The fourth-order valence-electron chi connectivity index (χ4n) is 3.92. The zero-order chi connectivity index (χ0) is 30.1. The van der Waals surface area contributed by atoms with Gasteiger partial charge in [0.2, 0.25) is 17.4 Å². The van der Waals surface area contributed by atoms with Gasteiger partial charge in [0.25, 0.3) is 11.8 Å². The molecule has 0 unspecified atom stereocenters. The molecule has 218 valence electrons. The minimum atomic E-state index is -0.432. The summed E-state index contributed by atoms with van der Waals surface area (Å²) in [5.74, 6) is -1.08. The summed E-state index contributed by atoms with van der Waals surface area (Å²) in [4.78, 5) is 53.1. The second kappa shape index (κ2) is 14.5. The molecule has 0 atom stereocenters. The number of imide groups is 1. The third-order valence-electron chi connectivity index (χ3n) is 6.02. The van der Waals surface area contributed by atoms with Crippen LogP contribution in [0.25, 0.3) is 11.0 Å². The van der Waals surface area contributed by atoms with Crippen molar-refractivity contribution in [2.24, 2.45) is 4.99 Å². The molecule has 4 rings (SSSR count). The molecule has 13 heteroatoms. The van der Waals surface area contributed by atoms with Crippen molar-refractivity contribution in [3.05, 3.63) is 76.8 Å². The Bertz CT molecular complexity index is 1620. The Hall–Kier alpha value is -4.39. The smallest absolute Gasteiger partial charge is 0.253 e. The van der Waals surface area contributed by atoms with Crippen LogP contribution in [0.1, 0.15) is 18.4 Å². The van der Waals surface area contributed by atoms with Gasteiger partial charge in [0.05, 0.1) is 38.0 Å². The average Bonchev–Trinajstić information content (AvgIpc) is 3.30. The maximum atomic E-state index is 12.5. The van der Waals surface area contributed by atoms with Gasteiger partial charge >= 0.3 is 0 Å². The molecule has 42 heavy (non-hydrogen) atoms. The van der Waals surface area contributed by atoms with Crippen LogP contribution in [0.2, 0.25) is 5.02 Å². The van der Waals surface area contributed by atoms with Gasteiger partial charge in [-0.25, -0.2) is 4.99 Å². The lowest BCUT2D eigenvalue weighted by molar-refractivity contribution is -0.137. The molecule has 2 N–H and O–H groups in total. The quantitative estimate of drug-likeness (QED) is 0.181. The molecule has 0 radical (unpaired) electrons. The topological polar surface area (TPSA) is 140 Å². The molecular weight excluding hydrogens is 584 g/mol. The Morgan fingerprint density at radius 2 is 1.79 bits per heavy atom. The van der Waals surface area contributed by atoms with Crippen LogP contribution in [0, 0.1) is 0 Å². The zero-order valence-corrected chi connectivity index (χ0v) is 24.1. The highest BCUT2D eigenvalue weighted by Gasteiger charge is 2.23. The van der Waals surface area contributed by atoms with Crippen LogP contribution in [0.5, 0.6) is 5.75 Å². The van der Waals surface area contributed by atoms with Crippen LogP contribution in [0.15, 0.2) is 70.1 Å². The molecule has 0 spiro atoms. The normalized spacial score (nSPS) is 13.1. The van der Waals surface area contributed by atoms with E-state index >= 15 is 0 Å². The van der Waals surface area contributed by atoms with Gasteiger partial charge in [0, 0.05) is 48.1 Å². The highest BCUT2D eigenvalue weighted by atomic mass is 35.5. The van der Waals surface area contributed by atoms with Gasteiger partial charge in [-0.1, -0.05) is 23.8 Å². The van der Waals surface area contributed by atoms with Crippen LogP contribution >= 0.6 is 23.8 Å². The lowest BCUT2D eigenvalue weighted by Crippen LogP contribution is -2.35. The van der Waals surface area contributed by atoms with Crippen LogP contribution in [0.4, 0.5) is 5.69 Å². The van der Waals surface area contributed by atoms with Crippen molar-refractivity contribution in [2.75, 3.05) is 33.4 Å². The van der Waals surface area contributed by atoms with Crippen molar-refractivity contribution >= 4 is 69.1 Å². The van der Waals surface area contributed by atoms with Gasteiger partial charge in [-0.05, 0) is 42.5 Å². The third kappa shape index (κ3) is 8.32. The minimum absolute atomic E-state index is 0.00766. The number of carbonyl (C=O) groups excluding carboxylic acids is 4. The number of benzene rings is 2. The largest absolute Gasteiger partial charge is 0.496 e. The number of thiocarbonyl (C=S) groups is 1. The summed E-state index contributed by atoms with van der Waals surface area (Å²) >= 11 is 11.5. The Morgan fingerprint density at radius 3 is 2.55 bits per heavy atom. The summed E-state index contributed by atoms with van der Waals surface area (Å²) in [6.45, 7) is 0.502. The fourth-order valence-corrected chi connectivity index (χ4v) is 4.37. The van der Waals surface area contributed by atoms with E-state index in [1.165, 1.54) is 19.3 Å². The maximum absolute atomic E-state index is 12.5. The summed E-state index contributed by atoms with van der Waals surface area (Å²) in [5, 5.41) is 6.76. The SMILES string of the molecule is COc1ccc(N=c2ccc3cc(Cl)ccc3o2)cc1C(=S)NC(=O)CCOCCNC(=O)CCN1C(=O)C=CC1=O. The maximum Gasteiger partial charge on any atom is 0.253 e. The van der Waals surface area contributed by atoms with E-state index in [1.54, 1.807) is 42.5 Å². The Balaban J connectivity index is 1.22. The van der Waals surface area contributed by atoms with E-state index in [1.807, 2.05) is 6.07 Å².